The number of aromatic nitrogens is 12. The van der Waals surface area contributed by atoms with Crippen molar-refractivity contribution >= 4 is 211 Å². The molecule has 13 heterocycles. The third-order valence-corrected chi connectivity index (χ3v) is 29.7. The van der Waals surface area contributed by atoms with E-state index in [0.717, 1.165) is 224 Å². The number of carbonyl (C=O) groups is 1. The zero-order chi connectivity index (χ0) is 88.4. The molecule has 5 aliphatic rings. The van der Waals surface area contributed by atoms with Crippen molar-refractivity contribution in [2.75, 3.05) is 122 Å². The Hall–Kier alpha value is -7.41. The molecule has 666 valence electrons. The molecule has 1 amide bonds. The number of nitrogens with two attached hydrogens (primary N) is 4. The molecule has 12 aromatic rings. The number of benzene rings is 4. The molecule has 0 aliphatic carbocycles. The molecule has 1 atom stereocenters. The van der Waals surface area contributed by atoms with Crippen molar-refractivity contribution < 1.29 is 47.8 Å². The minimum Gasteiger partial charge on any atom is -0.486 e. The fraction of sp³-hybridized carbons (Fsp3) is 0.437. The predicted octanol–water partition coefficient (Wildman–Crippen LogP) is 16.2. The molecule has 4 aromatic carbocycles. The number of likely N-dealkylation sites (tertiary alicyclic amines) is 1. The van der Waals surface area contributed by atoms with E-state index < -0.39 is 6.10 Å². The van der Waals surface area contributed by atoms with Gasteiger partial charge in [-0.05, 0) is 240 Å². The topological polar surface area (TPSA) is 377 Å². The maximum atomic E-state index is 12.1. The number of hydrogen-bond acceptors (Lipinski definition) is 29. The van der Waals surface area contributed by atoms with Crippen molar-refractivity contribution in [1.29, 1.82) is 0 Å². The number of rotatable bonds is 24. The number of halogens is 4. The quantitative estimate of drug-likeness (QED) is 0.0206. The van der Waals surface area contributed by atoms with Crippen molar-refractivity contribution in [3.8, 4) is 46.0 Å². The SMILES string of the molecule is CC(C)(C)CNCCn1c(Sc2cc3c(cc2[124I])OCCO3)nc2c(N)nccc21.CC(C)(C)CNCCn1c(Sc2cc3c(cc2[131I])OCCO3)nc2c(N)nccc21.CC(C)(C)NCCCn1c(Sc2cc3c(cc2[131I])OCCO3)nc2c(N)nccc21.C[C@H](O)C(=O)N1CCC(CCn2c(Sc3cc4c(cc3[124I])OCCO4)nc3c(N)nccc32)CC1. The number of anilines is 4. The van der Waals surface area contributed by atoms with E-state index in [0.29, 0.717) is 101 Å². The van der Waals surface area contributed by atoms with Crippen LogP contribution in [-0.4, -0.2) is 184 Å². The molecule has 0 spiro atoms. The van der Waals surface area contributed by atoms with Gasteiger partial charge in [-0.15, -0.1) is 0 Å². The van der Waals surface area contributed by atoms with Gasteiger partial charge in [0.15, 0.2) is 89.9 Å². The number of piperidine rings is 1. The fourth-order valence-electron chi connectivity index (χ4n) is 14.3. The van der Waals surface area contributed by atoms with Crippen molar-refractivity contribution in [2.24, 2.45) is 16.7 Å². The number of aryl methyl sites for hydroxylation is 2. The van der Waals surface area contributed by atoms with Gasteiger partial charge in [-0.3, -0.25) is 4.79 Å². The van der Waals surface area contributed by atoms with Crippen molar-refractivity contribution in [2.45, 2.75) is 173 Å². The first kappa shape index (κ1) is 93.7. The van der Waals surface area contributed by atoms with Gasteiger partial charge in [0.25, 0.3) is 5.91 Å². The van der Waals surface area contributed by atoms with Gasteiger partial charge in [0, 0.05) is 130 Å². The van der Waals surface area contributed by atoms with Gasteiger partial charge in [-0.2, -0.15) is 0 Å². The fourth-order valence-corrected chi connectivity index (χ4v) is 21.2. The zero-order valence-corrected chi connectivity index (χ0v) is 83.4. The second-order valence-corrected chi connectivity index (χ2v) is 42.5. The lowest BCUT2D eigenvalue weighted by molar-refractivity contribution is -0.140. The summed E-state index contributed by atoms with van der Waals surface area (Å²) in [5.74, 6) is 8.34. The lowest BCUT2D eigenvalue weighted by Gasteiger charge is -2.33. The molecule has 0 bridgehead atoms. The summed E-state index contributed by atoms with van der Waals surface area (Å²) in [6.07, 6.45) is 9.80. The third-order valence-electron chi connectivity index (χ3n) is 20.4. The first-order valence-corrected chi connectivity index (χ1v) is 49.1. The van der Waals surface area contributed by atoms with Crippen molar-refractivity contribution in [1.82, 2.24) is 79.0 Å². The van der Waals surface area contributed by atoms with Crippen LogP contribution in [0.25, 0.3) is 44.1 Å². The monoisotopic (exact) mass is 2230 g/mol. The van der Waals surface area contributed by atoms with Crippen LogP contribution in [0.5, 0.6) is 46.0 Å². The van der Waals surface area contributed by atoms with Crippen molar-refractivity contribution in [3.63, 3.8) is 0 Å². The molecular weight excluding hydrogens is 2120 g/mol. The summed E-state index contributed by atoms with van der Waals surface area (Å²) in [5.41, 5.74) is 32.0. The largest absolute Gasteiger partial charge is 0.486 e. The van der Waals surface area contributed by atoms with Crippen LogP contribution >= 0.6 is 137 Å². The summed E-state index contributed by atoms with van der Waals surface area (Å²) in [5, 5.41) is 23.8. The Labute approximate surface area is 798 Å². The molecule has 0 radical (unpaired) electrons. The van der Waals surface area contributed by atoms with E-state index in [-0.39, 0.29) is 22.3 Å². The molecule has 0 unspecified atom stereocenters. The number of imidazole rings is 4. The normalized spacial score (nSPS) is 14.7. The minimum absolute atomic E-state index is 0.101. The van der Waals surface area contributed by atoms with Crippen LogP contribution in [0.4, 0.5) is 23.3 Å². The Morgan fingerprint density at radius 3 is 1.10 bits per heavy atom. The Morgan fingerprint density at radius 1 is 0.464 bits per heavy atom. The van der Waals surface area contributed by atoms with Gasteiger partial charge in [0.1, 0.15) is 81.0 Å². The van der Waals surface area contributed by atoms with E-state index in [1.165, 1.54) is 6.92 Å². The number of ether oxygens (including phenoxy) is 8. The number of hydrogen-bond donors (Lipinski definition) is 8. The number of pyridine rings is 4. The van der Waals surface area contributed by atoms with Gasteiger partial charge in [-0.25, -0.2) is 39.9 Å². The average Bonchev–Trinajstić information content (AvgIpc) is 1.65. The number of aliphatic hydroxyl groups is 1. The predicted molar refractivity (Wildman–Crippen MR) is 527 cm³/mol. The smallest absolute Gasteiger partial charge is 0.251 e. The highest BCUT2D eigenvalue weighted by molar-refractivity contribution is 14.1. The van der Waals surface area contributed by atoms with Gasteiger partial charge >= 0.3 is 0 Å². The molecular formula is C87H106I4N20O10S4. The van der Waals surface area contributed by atoms with Gasteiger partial charge in [0.05, 0.1) is 22.1 Å². The number of carbonyl (C=O) groups excluding carboxylic acids is 1. The van der Waals surface area contributed by atoms with Crippen LogP contribution in [0.1, 0.15) is 94.9 Å². The summed E-state index contributed by atoms with van der Waals surface area (Å²) >= 11 is 15.7. The number of amides is 1. The van der Waals surface area contributed by atoms with Crippen molar-refractivity contribution in [3.05, 3.63) is 112 Å². The number of nitrogen functional groups attached to an aromatic ring is 4. The summed E-state index contributed by atoms with van der Waals surface area (Å²) in [7, 11) is 0. The van der Waals surface area contributed by atoms with E-state index in [9.17, 15) is 9.90 Å². The third kappa shape index (κ3) is 24.2. The molecule has 1 saturated heterocycles. The summed E-state index contributed by atoms with van der Waals surface area (Å²) in [4.78, 5) is 54.3. The molecule has 30 nitrogen and oxygen atoms in total. The van der Waals surface area contributed by atoms with Crippen LogP contribution in [0.3, 0.4) is 0 Å². The standard InChI is InChI=1S/C24H28IN5O4S.3C21H26IN5O2S/c1-14(31)23(32)29-7-3-15(4-8-29)5-9-30-17-2-6-27-22(26)21(17)28-24(30)35-20-13-19-18(12-16(20)25)33-10-11-34-19;1-21(2,3)25-6-4-8-27-14-5-7-24-19(23)18(14)26-20(27)30-17-12-16-15(11-13(17)22)28-9-10-29-16;2*1-21(2,3)12-24-6-7-27-14-4-5-25-19(23)18(14)26-20(27)30-17-11-16-15(10-13(17)22)28-8-9-29-16/h2,6,12-15,31H,3-5,7-11H2,1H3,(H2,26,27);5,7,11-12,25H,4,6,8-10H2,1-3H3,(H2,23,24);2*4-5,10-11,24H,6-9,12H2,1-3H3,(H2,23,25)/t14-;;;/m0.../s1/i25-3;2*22+4;22-3. The van der Waals surface area contributed by atoms with E-state index >= 15 is 0 Å². The van der Waals surface area contributed by atoms with E-state index in [1.807, 2.05) is 72.8 Å². The number of nitrogens with zero attached hydrogens (tertiary/aromatic N) is 13. The van der Waals surface area contributed by atoms with Crippen LogP contribution < -0.4 is 76.8 Å². The maximum absolute atomic E-state index is 12.1. The lowest BCUT2D eigenvalue weighted by Crippen LogP contribution is -2.43. The first-order valence-electron chi connectivity index (χ1n) is 41.5. The van der Waals surface area contributed by atoms with E-state index in [1.54, 1.807) is 76.7 Å². The molecule has 38 heteroatoms. The summed E-state index contributed by atoms with van der Waals surface area (Å²) < 4.78 is 59.1. The second-order valence-electron chi connectivity index (χ2n) is 33.8. The first-order chi connectivity index (χ1) is 59.8. The van der Waals surface area contributed by atoms with Gasteiger partial charge in [-0.1, -0.05) is 88.6 Å². The molecule has 8 aromatic heterocycles. The highest BCUT2D eigenvalue weighted by Crippen LogP contribution is 2.47. The number of aliphatic hydroxyl groups excluding tert-OH is 1. The number of nitrogens with one attached hydrogen (secondary N) is 3. The molecule has 5 aliphatic heterocycles. The second kappa shape index (κ2) is 42.0. The zero-order valence-electron chi connectivity index (χ0n) is 71.5. The van der Waals surface area contributed by atoms with Crippen LogP contribution in [0, 0.1) is 31.0 Å². The average molecular weight is 2230 g/mol. The molecule has 12 N–H and O–H groups in total. The highest BCUT2D eigenvalue weighted by Gasteiger charge is 2.30. The maximum Gasteiger partial charge on any atom is 0.251 e. The van der Waals surface area contributed by atoms with Gasteiger partial charge < -0.3 is 105 Å². The lowest BCUT2D eigenvalue weighted by atomic mass is 9.93. The van der Waals surface area contributed by atoms with Crippen LogP contribution in [0.15, 0.2) is 138 Å². The van der Waals surface area contributed by atoms with E-state index in [2.05, 4.69) is 207 Å². The Bertz CT molecular complexity index is 5430. The molecule has 1 fully saturated rings. The summed E-state index contributed by atoms with van der Waals surface area (Å²) in [6, 6.07) is 24.1. The van der Waals surface area contributed by atoms with E-state index in [4.69, 9.17) is 80.8 Å². The molecule has 17 rings (SSSR count). The Balaban J connectivity index is 0.000000136. The van der Waals surface area contributed by atoms with Gasteiger partial charge in [0.2, 0.25) is 0 Å². The molecule has 125 heavy (non-hydrogen) atoms. The van der Waals surface area contributed by atoms with Crippen LogP contribution in [0.2, 0.25) is 0 Å². The number of fused-ring (bicyclic) bond motifs is 8. The summed E-state index contributed by atoms with van der Waals surface area (Å²) in [6.45, 7) is 35.1. The molecule has 0 saturated carbocycles. The van der Waals surface area contributed by atoms with Crippen LogP contribution in [-0.2, 0) is 31.0 Å². The minimum atomic E-state index is -0.939. The Kier molecular flexibility index (Phi) is 31.5. The highest BCUT2D eigenvalue weighted by atomic mass is 131. The Morgan fingerprint density at radius 2 is 0.768 bits per heavy atom.